The monoisotopic (exact) mass is 299 g/mol. The third-order valence-corrected chi connectivity index (χ3v) is 3.86. The lowest BCUT2D eigenvalue weighted by Gasteiger charge is -2.06. The Balaban J connectivity index is 1.55. The van der Waals surface area contributed by atoms with E-state index >= 15 is 0 Å². The molecule has 22 heavy (non-hydrogen) atoms. The van der Waals surface area contributed by atoms with Crippen LogP contribution in [0.4, 0.5) is 0 Å². The van der Waals surface area contributed by atoms with E-state index in [0.717, 1.165) is 18.4 Å². The summed E-state index contributed by atoms with van der Waals surface area (Å²) in [6, 6.07) is 9.15. The molecule has 0 spiro atoms. The van der Waals surface area contributed by atoms with Crippen molar-refractivity contribution in [1.82, 2.24) is 5.32 Å². The lowest BCUT2D eigenvalue weighted by Crippen LogP contribution is -2.24. The fourth-order valence-corrected chi connectivity index (χ4v) is 2.76. The molecule has 5 nitrogen and oxygen atoms in total. The Morgan fingerprint density at radius 2 is 1.95 bits per heavy atom. The van der Waals surface area contributed by atoms with Crippen molar-refractivity contribution >= 4 is 11.9 Å². The van der Waals surface area contributed by atoms with Gasteiger partial charge in [0.15, 0.2) is 0 Å². The zero-order chi connectivity index (χ0) is 15.5. The molecule has 5 heteroatoms. The van der Waals surface area contributed by atoms with Crippen LogP contribution in [0, 0.1) is 0 Å². The lowest BCUT2D eigenvalue weighted by molar-refractivity contribution is -0.120. The van der Waals surface area contributed by atoms with Gasteiger partial charge in [0, 0.05) is 0 Å². The first-order valence-electron chi connectivity index (χ1n) is 7.31. The minimum absolute atomic E-state index is 0.105. The van der Waals surface area contributed by atoms with E-state index in [1.54, 1.807) is 6.07 Å². The number of carbonyl (C=O) groups is 2. The summed E-state index contributed by atoms with van der Waals surface area (Å²) in [6.45, 7) is 0.192. The average Bonchev–Trinajstić information content (AvgIpc) is 3.13. The second-order valence-corrected chi connectivity index (χ2v) is 5.48. The highest BCUT2D eigenvalue weighted by atomic mass is 16.4. The van der Waals surface area contributed by atoms with Gasteiger partial charge in [-0.15, -0.1) is 0 Å². The van der Waals surface area contributed by atoms with Crippen molar-refractivity contribution in [3.05, 3.63) is 58.5 Å². The summed E-state index contributed by atoms with van der Waals surface area (Å²) >= 11 is 0. The standard InChI is InChI=1S/C17H17NO4/c19-16(18-10-14-6-7-15(22-14)17(20)21)9-11-4-5-12-2-1-3-13(12)8-11/h4-8H,1-3,9-10H2,(H,18,19)(H,20,21). The topological polar surface area (TPSA) is 79.5 Å². The predicted molar refractivity (Wildman–Crippen MR) is 79.7 cm³/mol. The molecule has 0 atom stereocenters. The van der Waals surface area contributed by atoms with Crippen LogP contribution in [0.1, 0.15) is 39.4 Å². The minimum atomic E-state index is -1.12. The fraction of sp³-hybridized carbons (Fsp3) is 0.294. The van der Waals surface area contributed by atoms with Crippen LogP contribution in [0.15, 0.2) is 34.7 Å². The Labute approximate surface area is 127 Å². The molecule has 1 amide bonds. The van der Waals surface area contributed by atoms with Crippen molar-refractivity contribution in [3.63, 3.8) is 0 Å². The van der Waals surface area contributed by atoms with Crippen molar-refractivity contribution in [1.29, 1.82) is 0 Å². The summed E-state index contributed by atoms with van der Waals surface area (Å²) in [6.07, 6.45) is 3.73. The largest absolute Gasteiger partial charge is 0.475 e. The zero-order valence-electron chi connectivity index (χ0n) is 12.1. The van der Waals surface area contributed by atoms with E-state index in [1.165, 1.54) is 23.6 Å². The highest BCUT2D eigenvalue weighted by molar-refractivity contribution is 5.84. The molecule has 1 aromatic heterocycles. The van der Waals surface area contributed by atoms with Crippen molar-refractivity contribution in [3.8, 4) is 0 Å². The number of carbonyl (C=O) groups excluding carboxylic acids is 1. The highest BCUT2D eigenvalue weighted by Crippen LogP contribution is 2.23. The Hall–Kier alpha value is -2.56. The Kier molecular flexibility index (Phi) is 3.96. The smallest absolute Gasteiger partial charge is 0.371 e. The maximum atomic E-state index is 12.0. The number of fused-ring (bicyclic) bond motifs is 1. The third kappa shape index (κ3) is 3.19. The van der Waals surface area contributed by atoms with Crippen LogP contribution in [-0.4, -0.2) is 17.0 Å². The fourth-order valence-electron chi connectivity index (χ4n) is 2.76. The van der Waals surface area contributed by atoms with Crippen LogP contribution in [0.3, 0.4) is 0 Å². The molecule has 0 saturated heterocycles. The number of hydrogen-bond donors (Lipinski definition) is 2. The number of aryl methyl sites for hydroxylation is 2. The van der Waals surface area contributed by atoms with Gasteiger partial charge in [0.05, 0.1) is 13.0 Å². The van der Waals surface area contributed by atoms with Crippen molar-refractivity contribution in [2.45, 2.75) is 32.2 Å². The quantitative estimate of drug-likeness (QED) is 0.888. The summed E-state index contributed by atoms with van der Waals surface area (Å²) in [5, 5.41) is 11.5. The van der Waals surface area contributed by atoms with E-state index < -0.39 is 5.97 Å². The number of carboxylic acid groups (broad SMARTS) is 1. The van der Waals surface area contributed by atoms with Gasteiger partial charge in [0.1, 0.15) is 5.76 Å². The maximum absolute atomic E-state index is 12.0. The van der Waals surface area contributed by atoms with Crippen LogP contribution >= 0.6 is 0 Å². The van der Waals surface area contributed by atoms with Crippen LogP contribution < -0.4 is 5.32 Å². The van der Waals surface area contributed by atoms with Gasteiger partial charge in [0.25, 0.3) is 0 Å². The van der Waals surface area contributed by atoms with Gasteiger partial charge in [-0.05, 0) is 48.1 Å². The molecule has 0 fully saturated rings. The molecule has 1 aliphatic rings. The number of furan rings is 1. The van der Waals surface area contributed by atoms with Gasteiger partial charge >= 0.3 is 5.97 Å². The zero-order valence-corrected chi connectivity index (χ0v) is 12.1. The molecule has 114 valence electrons. The molecule has 0 unspecified atom stereocenters. The van der Waals surface area contributed by atoms with Gasteiger partial charge in [-0.3, -0.25) is 4.79 Å². The van der Waals surface area contributed by atoms with E-state index in [-0.39, 0.29) is 18.2 Å². The summed E-state index contributed by atoms with van der Waals surface area (Å²) in [4.78, 5) is 22.7. The summed E-state index contributed by atoms with van der Waals surface area (Å²) in [7, 11) is 0. The number of carboxylic acids is 1. The Morgan fingerprint density at radius 3 is 2.73 bits per heavy atom. The number of aromatic carboxylic acids is 1. The molecule has 2 N–H and O–H groups in total. The third-order valence-electron chi connectivity index (χ3n) is 3.86. The molecule has 3 rings (SSSR count). The second kappa shape index (κ2) is 6.05. The van der Waals surface area contributed by atoms with E-state index in [9.17, 15) is 9.59 Å². The first-order valence-corrected chi connectivity index (χ1v) is 7.31. The molecule has 0 bridgehead atoms. The second-order valence-electron chi connectivity index (χ2n) is 5.48. The van der Waals surface area contributed by atoms with Crippen molar-refractivity contribution in [2.24, 2.45) is 0 Å². The van der Waals surface area contributed by atoms with Crippen LogP contribution in [0.2, 0.25) is 0 Å². The number of rotatable bonds is 5. The maximum Gasteiger partial charge on any atom is 0.371 e. The highest BCUT2D eigenvalue weighted by Gasteiger charge is 2.13. The van der Waals surface area contributed by atoms with Crippen LogP contribution in [-0.2, 0) is 30.6 Å². The molecule has 0 radical (unpaired) electrons. The summed E-state index contributed by atoms with van der Waals surface area (Å²) in [5.74, 6) is -0.912. The molecule has 2 aromatic rings. The molecular weight excluding hydrogens is 282 g/mol. The Morgan fingerprint density at radius 1 is 1.14 bits per heavy atom. The average molecular weight is 299 g/mol. The molecule has 1 aliphatic carbocycles. The molecule has 0 saturated carbocycles. The van der Waals surface area contributed by atoms with E-state index in [4.69, 9.17) is 9.52 Å². The molecule has 1 heterocycles. The summed E-state index contributed by atoms with van der Waals surface area (Å²) in [5.41, 5.74) is 3.74. The van der Waals surface area contributed by atoms with Gasteiger partial charge in [-0.2, -0.15) is 0 Å². The van der Waals surface area contributed by atoms with Crippen LogP contribution in [0.25, 0.3) is 0 Å². The Bertz CT molecular complexity index is 717. The normalized spacial score (nSPS) is 12.9. The number of hydrogen-bond acceptors (Lipinski definition) is 3. The first kappa shape index (κ1) is 14.4. The lowest BCUT2D eigenvalue weighted by atomic mass is 10.0. The minimum Gasteiger partial charge on any atom is -0.475 e. The molecular formula is C17H17NO4. The number of amides is 1. The number of nitrogens with one attached hydrogen (secondary N) is 1. The van der Waals surface area contributed by atoms with Crippen molar-refractivity contribution < 1.29 is 19.1 Å². The van der Waals surface area contributed by atoms with Gasteiger partial charge < -0.3 is 14.8 Å². The predicted octanol–water partition coefficient (Wildman–Crippen LogP) is 2.33. The SMILES string of the molecule is O=C(Cc1ccc2c(c1)CCC2)NCc1ccc(C(=O)O)o1. The molecule has 0 aliphatic heterocycles. The van der Waals surface area contributed by atoms with E-state index in [2.05, 4.69) is 17.4 Å². The summed E-state index contributed by atoms with van der Waals surface area (Å²) < 4.78 is 5.09. The van der Waals surface area contributed by atoms with Crippen LogP contribution in [0.5, 0.6) is 0 Å². The van der Waals surface area contributed by atoms with E-state index in [0.29, 0.717) is 12.2 Å². The van der Waals surface area contributed by atoms with Crippen molar-refractivity contribution in [2.75, 3.05) is 0 Å². The van der Waals surface area contributed by atoms with E-state index in [1.807, 2.05) is 6.07 Å². The first-order chi connectivity index (χ1) is 10.6. The van der Waals surface area contributed by atoms with Gasteiger partial charge in [-0.1, -0.05) is 18.2 Å². The van der Waals surface area contributed by atoms with Gasteiger partial charge in [-0.25, -0.2) is 4.79 Å². The van der Waals surface area contributed by atoms with Gasteiger partial charge in [0.2, 0.25) is 11.7 Å². The number of benzene rings is 1. The molecule has 1 aromatic carbocycles.